The van der Waals surface area contributed by atoms with Gasteiger partial charge in [-0.05, 0) is 27.6 Å². The van der Waals surface area contributed by atoms with E-state index < -0.39 is 6.09 Å². The number of hydrazone groups is 1. The van der Waals surface area contributed by atoms with Gasteiger partial charge >= 0.3 is 6.09 Å². The van der Waals surface area contributed by atoms with E-state index in [-0.39, 0.29) is 0 Å². The highest BCUT2D eigenvalue weighted by atomic mass is 16.5. The van der Waals surface area contributed by atoms with Crippen molar-refractivity contribution in [1.82, 2.24) is 5.43 Å². The molecule has 0 aliphatic rings. The minimum Gasteiger partial charge on any atom is -0.452 e. The molecule has 1 N–H and O–H groups in total. The Morgan fingerprint density at radius 2 is 1.62 bits per heavy atom. The van der Waals surface area contributed by atoms with Crippen molar-refractivity contribution in [3.8, 4) is 0 Å². The minimum absolute atomic E-state index is 0.587. The van der Waals surface area contributed by atoms with Gasteiger partial charge < -0.3 is 4.74 Å². The number of carbonyl (C=O) groups is 1. The lowest BCUT2D eigenvalue weighted by Gasteiger charge is -2.07. The summed E-state index contributed by atoms with van der Waals surface area (Å²) in [4.78, 5) is 11.1. The van der Waals surface area contributed by atoms with E-state index in [2.05, 4.69) is 33.5 Å². The molecule has 3 aromatic carbocycles. The lowest BCUT2D eigenvalue weighted by atomic mass is 9.97. The largest absolute Gasteiger partial charge is 0.452 e. The predicted molar refractivity (Wildman–Crippen MR) is 84.6 cm³/mol. The lowest BCUT2D eigenvalue weighted by molar-refractivity contribution is 0.171. The monoisotopic (exact) mass is 278 g/mol. The number of amides is 1. The third-order valence-corrected chi connectivity index (χ3v) is 3.35. The molecule has 0 aromatic heterocycles. The molecule has 0 atom stereocenters. The number of carbonyl (C=O) groups excluding carboxylic acids is 1. The summed E-state index contributed by atoms with van der Waals surface area (Å²) in [5, 5.41) is 8.41. The van der Waals surface area contributed by atoms with Crippen LogP contribution in [0.2, 0.25) is 0 Å². The maximum Gasteiger partial charge on any atom is 0.427 e. The number of ether oxygens (including phenoxy) is 1. The molecule has 0 unspecified atom stereocenters. The fraction of sp³-hybridized carbons (Fsp3) is 0.0588. The molecule has 0 aliphatic carbocycles. The predicted octanol–water partition coefficient (Wildman–Crippen LogP) is 3.68. The molecule has 0 saturated carbocycles. The van der Waals surface area contributed by atoms with Crippen molar-refractivity contribution in [3.63, 3.8) is 0 Å². The molecule has 4 nitrogen and oxygen atoms in total. The molecule has 0 fully saturated rings. The van der Waals surface area contributed by atoms with Gasteiger partial charge in [-0.3, -0.25) is 0 Å². The van der Waals surface area contributed by atoms with Gasteiger partial charge in [0.15, 0.2) is 0 Å². The van der Waals surface area contributed by atoms with Crippen LogP contribution >= 0.6 is 0 Å². The van der Waals surface area contributed by atoms with E-state index in [0.29, 0.717) is 0 Å². The van der Waals surface area contributed by atoms with Crippen LogP contribution in [0.4, 0.5) is 4.79 Å². The van der Waals surface area contributed by atoms with Crippen molar-refractivity contribution in [3.05, 3.63) is 60.2 Å². The van der Waals surface area contributed by atoms with Crippen molar-refractivity contribution in [1.29, 1.82) is 0 Å². The molecule has 21 heavy (non-hydrogen) atoms. The molecule has 3 rings (SSSR count). The zero-order valence-corrected chi connectivity index (χ0v) is 11.5. The maximum absolute atomic E-state index is 11.1. The Kier molecular flexibility index (Phi) is 3.51. The molecule has 4 heteroatoms. The minimum atomic E-state index is -0.587. The highest BCUT2D eigenvalue weighted by Crippen LogP contribution is 2.27. The third kappa shape index (κ3) is 2.56. The smallest absolute Gasteiger partial charge is 0.427 e. The van der Waals surface area contributed by atoms with Gasteiger partial charge in [0, 0.05) is 5.56 Å². The Morgan fingerprint density at radius 1 is 1.05 bits per heavy atom. The van der Waals surface area contributed by atoms with Gasteiger partial charge in [-0.25, -0.2) is 10.2 Å². The van der Waals surface area contributed by atoms with Crippen LogP contribution in [0.3, 0.4) is 0 Å². The second-order valence-electron chi connectivity index (χ2n) is 4.59. The molecule has 0 aliphatic heterocycles. The number of hydrogen-bond acceptors (Lipinski definition) is 3. The Morgan fingerprint density at radius 3 is 2.19 bits per heavy atom. The number of hydrogen-bond donors (Lipinski definition) is 1. The topological polar surface area (TPSA) is 50.7 Å². The van der Waals surface area contributed by atoms with E-state index >= 15 is 0 Å². The van der Waals surface area contributed by atoms with Gasteiger partial charge in [-0.15, -0.1) is 0 Å². The molecule has 0 radical (unpaired) electrons. The first-order chi connectivity index (χ1) is 10.3. The summed E-state index contributed by atoms with van der Waals surface area (Å²) >= 11 is 0. The Balaban J connectivity index is 2.18. The van der Waals surface area contributed by atoms with E-state index in [1.54, 1.807) is 6.21 Å². The maximum atomic E-state index is 11.1. The van der Waals surface area contributed by atoms with Crippen LogP contribution in [0.1, 0.15) is 5.56 Å². The van der Waals surface area contributed by atoms with E-state index in [9.17, 15) is 4.79 Å². The van der Waals surface area contributed by atoms with Gasteiger partial charge in [-0.1, -0.05) is 48.5 Å². The first-order valence-corrected chi connectivity index (χ1v) is 6.57. The summed E-state index contributed by atoms with van der Waals surface area (Å²) in [6.45, 7) is 0. The van der Waals surface area contributed by atoms with Gasteiger partial charge in [0.1, 0.15) is 0 Å². The summed E-state index contributed by atoms with van der Waals surface area (Å²) in [5.74, 6) is 0. The van der Waals surface area contributed by atoms with E-state index in [1.165, 1.54) is 7.11 Å². The molecule has 0 heterocycles. The van der Waals surface area contributed by atoms with Crippen molar-refractivity contribution < 1.29 is 9.53 Å². The van der Waals surface area contributed by atoms with Crippen molar-refractivity contribution in [2.24, 2.45) is 5.10 Å². The zero-order chi connectivity index (χ0) is 14.7. The number of nitrogens with zero attached hydrogens (tertiary/aromatic N) is 1. The molecule has 0 saturated heterocycles. The Hall–Kier alpha value is -2.88. The molecular weight excluding hydrogens is 264 g/mol. The summed E-state index contributed by atoms with van der Waals surface area (Å²) in [6, 6.07) is 18.3. The summed E-state index contributed by atoms with van der Waals surface area (Å²) < 4.78 is 4.50. The number of benzene rings is 3. The summed E-state index contributed by atoms with van der Waals surface area (Å²) in [5.41, 5.74) is 3.29. The van der Waals surface area contributed by atoms with Crippen LogP contribution < -0.4 is 5.43 Å². The van der Waals surface area contributed by atoms with Gasteiger partial charge in [0.05, 0.1) is 13.3 Å². The standard InChI is InChI=1S/C17H14N2O2/c1-21-17(20)19-18-11-16-14-8-4-2-6-12(14)10-13-7-3-5-9-15(13)16/h2-11H,1H3,(H,19,20). The second-order valence-corrected chi connectivity index (χ2v) is 4.59. The highest BCUT2D eigenvalue weighted by molar-refractivity contribution is 6.13. The summed E-state index contributed by atoms with van der Waals surface area (Å²) in [6.07, 6.45) is 1.07. The Labute approximate surface area is 122 Å². The van der Waals surface area contributed by atoms with Crippen molar-refractivity contribution >= 4 is 33.9 Å². The highest BCUT2D eigenvalue weighted by Gasteiger charge is 2.05. The van der Waals surface area contributed by atoms with Crippen LogP contribution in [-0.2, 0) is 4.74 Å². The third-order valence-electron chi connectivity index (χ3n) is 3.35. The van der Waals surface area contributed by atoms with Crippen LogP contribution in [-0.4, -0.2) is 19.4 Å². The van der Waals surface area contributed by atoms with Gasteiger partial charge in [0.2, 0.25) is 0 Å². The van der Waals surface area contributed by atoms with Gasteiger partial charge in [0.25, 0.3) is 0 Å². The normalized spacial score (nSPS) is 11.1. The molecule has 1 amide bonds. The van der Waals surface area contributed by atoms with E-state index in [1.807, 2.05) is 36.4 Å². The fourth-order valence-corrected chi connectivity index (χ4v) is 2.38. The number of rotatable bonds is 2. The zero-order valence-electron chi connectivity index (χ0n) is 11.5. The van der Waals surface area contributed by atoms with Crippen LogP contribution in [0.25, 0.3) is 21.5 Å². The SMILES string of the molecule is COC(=O)NN=Cc1c2ccccc2cc2ccccc12. The molecule has 104 valence electrons. The average molecular weight is 278 g/mol. The first kappa shape index (κ1) is 13.1. The van der Waals surface area contributed by atoms with Gasteiger partial charge in [-0.2, -0.15) is 5.10 Å². The molecule has 0 bridgehead atoms. The number of fused-ring (bicyclic) bond motifs is 2. The Bertz CT molecular complexity index is 786. The molecule has 0 spiro atoms. The number of methoxy groups -OCH3 is 1. The van der Waals surface area contributed by atoms with Crippen molar-refractivity contribution in [2.45, 2.75) is 0 Å². The fourth-order valence-electron chi connectivity index (χ4n) is 2.38. The van der Waals surface area contributed by atoms with Crippen LogP contribution in [0, 0.1) is 0 Å². The van der Waals surface area contributed by atoms with E-state index in [0.717, 1.165) is 27.1 Å². The lowest BCUT2D eigenvalue weighted by Crippen LogP contribution is -2.16. The van der Waals surface area contributed by atoms with Crippen LogP contribution in [0.15, 0.2) is 59.7 Å². The molecule has 3 aromatic rings. The van der Waals surface area contributed by atoms with E-state index in [4.69, 9.17) is 0 Å². The average Bonchev–Trinajstić information content (AvgIpc) is 2.54. The number of nitrogens with one attached hydrogen (secondary N) is 1. The van der Waals surface area contributed by atoms with Crippen molar-refractivity contribution in [2.75, 3.05) is 7.11 Å². The summed E-state index contributed by atoms with van der Waals surface area (Å²) in [7, 11) is 1.30. The first-order valence-electron chi connectivity index (χ1n) is 6.57. The quantitative estimate of drug-likeness (QED) is 0.441. The second kappa shape index (κ2) is 5.63. The van der Waals surface area contributed by atoms with Crippen LogP contribution in [0.5, 0.6) is 0 Å². The molecular formula is C17H14N2O2.